The predicted molar refractivity (Wildman–Crippen MR) is 102 cm³/mol. The van der Waals surface area contributed by atoms with Crippen LogP contribution in [0.1, 0.15) is 40.9 Å². The van der Waals surface area contributed by atoms with Crippen LogP contribution < -0.4 is 4.90 Å². The summed E-state index contributed by atoms with van der Waals surface area (Å²) in [7, 11) is 0. The first kappa shape index (κ1) is 16.5. The van der Waals surface area contributed by atoms with E-state index in [2.05, 4.69) is 27.0 Å². The zero-order chi connectivity index (χ0) is 17.9. The number of aromatic carboxylic acids is 1. The number of hydrogen-bond donors (Lipinski definition) is 1. The largest absolute Gasteiger partial charge is 0.478 e. The average Bonchev–Trinajstić information content (AvgIpc) is 2.68. The smallest absolute Gasteiger partial charge is 0.335 e. The summed E-state index contributed by atoms with van der Waals surface area (Å²) in [4.78, 5) is 22.4. The Bertz CT molecular complexity index is 949. The summed E-state index contributed by atoms with van der Waals surface area (Å²) >= 11 is 0. The van der Waals surface area contributed by atoms with E-state index in [-0.39, 0.29) is 5.56 Å². The van der Waals surface area contributed by atoms with Crippen LogP contribution in [-0.4, -0.2) is 34.1 Å². The second-order valence-corrected chi connectivity index (χ2v) is 6.79. The Hall–Kier alpha value is -2.95. The molecule has 5 heteroatoms. The number of rotatable bonds is 4. The molecule has 5 nitrogen and oxygen atoms in total. The van der Waals surface area contributed by atoms with E-state index < -0.39 is 5.97 Å². The van der Waals surface area contributed by atoms with Crippen molar-refractivity contribution in [2.24, 2.45) is 0 Å². The van der Waals surface area contributed by atoms with Crippen molar-refractivity contribution in [2.45, 2.75) is 25.7 Å². The number of pyridine rings is 2. The molecule has 0 saturated carbocycles. The highest BCUT2D eigenvalue weighted by Crippen LogP contribution is 2.24. The van der Waals surface area contributed by atoms with Crippen molar-refractivity contribution in [3.8, 4) is 0 Å². The maximum atomic E-state index is 11.1. The van der Waals surface area contributed by atoms with Crippen molar-refractivity contribution in [3.05, 3.63) is 65.6 Å². The lowest BCUT2D eigenvalue weighted by atomic mass is 10.0. The van der Waals surface area contributed by atoms with Crippen molar-refractivity contribution < 1.29 is 9.90 Å². The standard InChI is InChI=1S/C21H21N3O2/c25-21(26)16-6-7-22-18(12-16)11-15-4-5-20-17(10-15)13-19(14-23-20)24-8-2-1-3-9-24/h4-7,10,12-14H,1-3,8-9,11H2,(H,25,26). The van der Waals surface area contributed by atoms with Gasteiger partial charge in [0.1, 0.15) is 0 Å². The maximum absolute atomic E-state index is 11.1. The van der Waals surface area contributed by atoms with Gasteiger partial charge in [0.25, 0.3) is 0 Å². The van der Waals surface area contributed by atoms with E-state index in [9.17, 15) is 4.79 Å². The van der Waals surface area contributed by atoms with Gasteiger partial charge in [-0.2, -0.15) is 0 Å². The van der Waals surface area contributed by atoms with Gasteiger partial charge >= 0.3 is 5.97 Å². The van der Waals surface area contributed by atoms with Crippen LogP contribution in [0.4, 0.5) is 5.69 Å². The summed E-state index contributed by atoms with van der Waals surface area (Å²) in [5.74, 6) is -0.928. The molecule has 26 heavy (non-hydrogen) atoms. The summed E-state index contributed by atoms with van der Waals surface area (Å²) in [5, 5.41) is 10.2. The minimum Gasteiger partial charge on any atom is -0.478 e. The average molecular weight is 347 g/mol. The van der Waals surface area contributed by atoms with Crippen LogP contribution in [0.5, 0.6) is 0 Å². The topological polar surface area (TPSA) is 66.3 Å². The fraction of sp³-hybridized carbons (Fsp3) is 0.286. The van der Waals surface area contributed by atoms with E-state index in [0.29, 0.717) is 6.42 Å². The molecule has 1 aliphatic heterocycles. The van der Waals surface area contributed by atoms with Gasteiger partial charge in [-0.1, -0.05) is 6.07 Å². The van der Waals surface area contributed by atoms with Gasteiger partial charge in [0, 0.05) is 36.8 Å². The van der Waals surface area contributed by atoms with Crippen molar-refractivity contribution in [1.29, 1.82) is 0 Å². The third-order valence-electron chi connectivity index (χ3n) is 4.90. The van der Waals surface area contributed by atoms with Crippen LogP contribution in [0, 0.1) is 0 Å². The van der Waals surface area contributed by atoms with Gasteiger partial charge in [-0.05, 0) is 55.2 Å². The molecule has 0 aliphatic carbocycles. The SMILES string of the molecule is O=C(O)c1ccnc(Cc2ccc3ncc(N4CCCCC4)cc3c2)c1. The molecule has 3 heterocycles. The number of carboxylic acid groups (broad SMARTS) is 1. The van der Waals surface area contributed by atoms with Gasteiger partial charge < -0.3 is 10.0 Å². The highest BCUT2D eigenvalue weighted by molar-refractivity contribution is 5.87. The van der Waals surface area contributed by atoms with Crippen LogP contribution in [0.15, 0.2) is 48.8 Å². The Labute approximate surface area is 152 Å². The Kier molecular flexibility index (Phi) is 4.52. The summed E-state index contributed by atoms with van der Waals surface area (Å²) in [6.45, 7) is 2.19. The van der Waals surface area contributed by atoms with Crippen molar-refractivity contribution in [3.63, 3.8) is 0 Å². The first-order valence-corrected chi connectivity index (χ1v) is 9.01. The maximum Gasteiger partial charge on any atom is 0.335 e. The molecule has 3 aromatic rings. The molecule has 1 saturated heterocycles. The van der Waals surface area contributed by atoms with Crippen LogP contribution in [0.25, 0.3) is 10.9 Å². The first-order chi connectivity index (χ1) is 12.7. The van der Waals surface area contributed by atoms with Crippen molar-refractivity contribution in [1.82, 2.24) is 9.97 Å². The third kappa shape index (κ3) is 3.52. The van der Waals surface area contributed by atoms with Gasteiger partial charge in [0.05, 0.1) is 23.0 Å². The van der Waals surface area contributed by atoms with Gasteiger partial charge in [-0.25, -0.2) is 4.79 Å². The molecule has 0 unspecified atom stereocenters. The zero-order valence-electron chi connectivity index (χ0n) is 14.6. The first-order valence-electron chi connectivity index (χ1n) is 9.01. The van der Waals surface area contributed by atoms with Gasteiger partial charge in [0.15, 0.2) is 0 Å². The molecule has 132 valence electrons. The quantitative estimate of drug-likeness (QED) is 0.775. The van der Waals surface area contributed by atoms with Crippen LogP contribution in [0.2, 0.25) is 0 Å². The second-order valence-electron chi connectivity index (χ2n) is 6.79. The molecule has 4 rings (SSSR count). The van der Waals surface area contributed by atoms with E-state index in [1.54, 1.807) is 12.3 Å². The Morgan fingerprint density at radius 2 is 1.88 bits per heavy atom. The molecule has 0 radical (unpaired) electrons. The molecule has 1 N–H and O–H groups in total. The Morgan fingerprint density at radius 3 is 2.69 bits per heavy atom. The summed E-state index contributed by atoms with van der Waals surface area (Å²) < 4.78 is 0. The predicted octanol–water partition coefficient (Wildman–Crippen LogP) is 3.91. The van der Waals surface area contributed by atoms with Crippen molar-refractivity contribution >= 4 is 22.6 Å². The number of piperidine rings is 1. The normalized spacial score (nSPS) is 14.5. The Balaban J connectivity index is 1.61. The molecule has 0 spiro atoms. The van der Waals surface area contributed by atoms with E-state index in [4.69, 9.17) is 5.11 Å². The van der Waals surface area contributed by atoms with Crippen LogP contribution >= 0.6 is 0 Å². The van der Waals surface area contributed by atoms with E-state index in [0.717, 1.165) is 35.2 Å². The number of anilines is 1. The van der Waals surface area contributed by atoms with E-state index in [1.807, 2.05) is 18.3 Å². The zero-order valence-corrected chi connectivity index (χ0v) is 14.6. The lowest BCUT2D eigenvalue weighted by molar-refractivity contribution is 0.0696. The number of fused-ring (bicyclic) bond motifs is 1. The second kappa shape index (κ2) is 7.12. The number of carboxylic acids is 1. The lowest BCUT2D eigenvalue weighted by Gasteiger charge is -2.28. The number of aromatic nitrogens is 2. The fourth-order valence-corrected chi connectivity index (χ4v) is 3.52. The summed E-state index contributed by atoms with van der Waals surface area (Å²) in [6, 6.07) is 11.5. The molecule has 1 aliphatic rings. The third-order valence-corrected chi connectivity index (χ3v) is 4.90. The Morgan fingerprint density at radius 1 is 1.04 bits per heavy atom. The highest BCUT2D eigenvalue weighted by Gasteiger charge is 2.12. The molecule has 1 fully saturated rings. The molecule has 0 amide bonds. The molecule has 0 bridgehead atoms. The number of benzene rings is 1. The summed E-state index contributed by atoms with van der Waals surface area (Å²) in [5.41, 5.74) is 4.28. The van der Waals surface area contributed by atoms with Crippen LogP contribution in [0.3, 0.4) is 0 Å². The lowest BCUT2D eigenvalue weighted by Crippen LogP contribution is -2.29. The molecule has 0 atom stereocenters. The van der Waals surface area contributed by atoms with E-state index >= 15 is 0 Å². The van der Waals surface area contributed by atoms with Gasteiger partial charge in [0.2, 0.25) is 0 Å². The number of carbonyl (C=O) groups is 1. The van der Waals surface area contributed by atoms with Gasteiger partial charge in [-0.15, -0.1) is 0 Å². The molecular weight excluding hydrogens is 326 g/mol. The fourth-order valence-electron chi connectivity index (χ4n) is 3.52. The van der Waals surface area contributed by atoms with E-state index in [1.165, 1.54) is 31.0 Å². The molecular formula is C21H21N3O2. The van der Waals surface area contributed by atoms with Gasteiger partial charge in [-0.3, -0.25) is 9.97 Å². The molecule has 2 aromatic heterocycles. The number of nitrogens with zero attached hydrogens (tertiary/aromatic N) is 3. The number of hydrogen-bond acceptors (Lipinski definition) is 4. The minimum atomic E-state index is -0.928. The molecule has 1 aromatic carbocycles. The minimum absolute atomic E-state index is 0.268. The monoisotopic (exact) mass is 347 g/mol. The summed E-state index contributed by atoms with van der Waals surface area (Å²) in [6.07, 6.45) is 7.91. The van der Waals surface area contributed by atoms with Crippen molar-refractivity contribution in [2.75, 3.05) is 18.0 Å². The highest BCUT2D eigenvalue weighted by atomic mass is 16.4. The van der Waals surface area contributed by atoms with Crippen LogP contribution in [-0.2, 0) is 6.42 Å².